The largest absolute Gasteiger partial charge is 0.465 e. The van der Waals surface area contributed by atoms with Gasteiger partial charge in [-0.2, -0.15) is 5.26 Å². The molecule has 0 aliphatic carbocycles. The lowest BCUT2D eigenvalue weighted by Crippen LogP contribution is -2.53. The van der Waals surface area contributed by atoms with Crippen LogP contribution in [0.15, 0.2) is 60.8 Å². The maximum atomic E-state index is 14.8. The first-order valence-electron chi connectivity index (χ1n) is 14.9. The Kier molecular flexibility index (Phi) is 11.6. The molecular weight excluding hydrogens is 655 g/mol. The van der Waals surface area contributed by atoms with Crippen LogP contribution in [0.2, 0.25) is 5.02 Å². The van der Waals surface area contributed by atoms with Gasteiger partial charge >= 0.3 is 12.0 Å². The zero-order valence-corrected chi connectivity index (χ0v) is 26.7. The van der Waals surface area contributed by atoms with Crippen molar-refractivity contribution in [1.29, 1.82) is 5.26 Å². The molecule has 12 nitrogen and oxygen atoms in total. The van der Waals surface area contributed by atoms with Gasteiger partial charge in [-0.25, -0.2) is 32.8 Å². The Morgan fingerprint density at radius 1 is 1.19 bits per heavy atom. The number of urea groups is 1. The monoisotopic (exact) mass is 685 g/mol. The van der Waals surface area contributed by atoms with Gasteiger partial charge in [0.15, 0.2) is 0 Å². The second kappa shape index (κ2) is 15.6. The first kappa shape index (κ1) is 35.6. The number of alkyl halides is 2. The van der Waals surface area contributed by atoms with Crippen molar-refractivity contribution in [2.75, 3.05) is 36.0 Å². The van der Waals surface area contributed by atoms with Crippen molar-refractivity contribution in [3.05, 3.63) is 82.9 Å². The summed E-state index contributed by atoms with van der Waals surface area (Å²) in [5, 5.41) is 11.9. The molecule has 16 heteroatoms. The number of amides is 4. The van der Waals surface area contributed by atoms with Crippen LogP contribution in [-0.2, 0) is 19.1 Å². The average molecular weight is 686 g/mol. The topological polar surface area (TPSA) is 149 Å². The number of nitriles is 1. The Morgan fingerprint density at radius 2 is 1.94 bits per heavy atom. The summed E-state index contributed by atoms with van der Waals surface area (Å²) >= 11 is 6.52. The van der Waals surface area contributed by atoms with Crippen LogP contribution >= 0.6 is 11.6 Å². The highest BCUT2D eigenvalue weighted by Gasteiger charge is 2.48. The third kappa shape index (κ3) is 8.18. The molecule has 1 fully saturated rings. The minimum absolute atomic E-state index is 0.0203. The fraction of sp³-hybridized carbons (Fsp3) is 0.344. The van der Waals surface area contributed by atoms with E-state index in [1.807, 2.05) is 6.07 Å². The third-order valence-electron chi connectivity index (χ3n) is 7.40. The molecule has 0 radical (unpaired) electrons. The molecule has 2 aromatic carbocycles. The zero-order valence-electron chi connectivity index (χ0n) is 25.9. The fourth-order valence-corrected chi connectivity index (χ4v) is 5.25. The molecule has 252 valence electrons. The van der Waals surface area contributed by atoms with Crippen LogP contribution in [0, 0.1) is 17.1 Å². The Hall–Kier alpha value is -5.23. The Labute approximate surface area is 279 Å². The smallest absolute Gasteiger partial charge is 0.328 e. The van der Waals surface area contributed by atoms with E-state index in [2.05, 4.69) is 15.3 Å². The molecule has 2 heterocycles. The molecule has 0 unspecified atom stereocenters. The minimum atomic E-state index is -3.07. The molecule has 1 aliphatic rings. The van der Waals surface area contributed by atoms with Crippen LogP contribution in [0.5, 0.6) is 0 Å². The average Bonchev–Trinajstić information content (AvgIpc) is 3.38. The van der Waals surface area contributed by atoms with Crippen LogP contribution in [0.3, 0.4) is 0 Å². The maximum Gasteiger partial charge on any atom is 0.328 e. The summed E-state index contributed by atoms with van der Waals surface area (Å²) in [6.07, 6.45) is 0.0342. The Balaban J connectivity index is 1.86. The van der Waals surface area contributed by atoms with Gasteiger partial charge in [-0.15, -0.1) is 0 Å². The molecule has 48 heavy (non-hydrogen) atoms. The van der Waals surface area contributed by atoms with Gasteiger partial charge in [0, 0.05) is 41.9 Å². The van der Waals surface area contributed by atoms with Crippen molar-refractivity contribution in [3.63, 3.8) is 0 Å². The van der Waals surface area contributed by atoms with E-state index in [9.17, 15) is 37.6 Å². The van der Waals surface area contributed by atoms with Crippen molar-refractivity contribution >= 4 is 47.1 Å². The summed E-state index contributed by atoms with van der Waals surface area (Å²) in [6.45, 7) is 1.42. The van der Waals surface area contributed by atoms with Gasteiger partial charge in [0.1, 0.15) is 36.2 Å². The first-order valence-corrected chi connectivity index (χ1v) is 15.2. The van der Waals surface area contributed by atoms with Gasteiger partial charge in [-0.1, -0.05) is 42.8 Å². The van der Waals surface area contributed by atoms with Crippen LogP contribution in [0.1, 0.15) is 44.0 Å². The van der Waals surface area contributed by atoms with E-state index in [0.29, 0.717) is 0 Å². The Bertz CT molecular complexity index is 1720. The number of rotatable bonds is 13. The molecular formula is C32H31ClF3N7O5. The number of halogens is 4. The lowest BCUT2D eigenvalue weighted by atomic mass is 10.0. The van der Waals surface area contributed by atoms with E-state index in [0.717, 1.165) is 26.8 Å². The molecule has 4 amide bonds. The summed E-state index contributed by atoms with van der Waals surface area (Å²) in [4.78, 5) is 65.8. The van der Waals surface area contributed by atoms with Gasteiger partial charge in [-0.05, 0) is 37.3 Å². The number of hydrogen-bond acceptors (Lipinski definition) is 8. The number of carbonyl (C=O) groups is 4. The molecule has 0 saturated carbocycles. The highest BCUT2D eigenvalue weighted by atomic mass is 35.5. The molecule has 1 saturated heterocycles. The van der Waals surface area contributed by atoms with Crippen LogP contribution in [0.4, 0.5) is 29.6 Å². The number of anilines is 2. The highest BCUT2D eigenvalue weighted by molar-refractivity contribution is 6.31. The predicted molar refractivity (Wildman–Crippen MR) is 168 cm³/mol. The number of esters is 1. The molecule has 3 aromatic rings. The van der Waals surface area contributed by atoms with Gasteiger partial charge in [0.05, 0.1) is 13.2 Å². The second-order valence-electron chi connectivity index (χ2n) is 10.6. The number of hydrogen-bond donors (Lipinski definition) is 1. The zero-order chi connectivity index (χ0) is 35.0. The molecule has 2 atom stereocenters. The molecule has 1 aliphatic heterocycles. The summed E-state index contributed by atoms with van der Waals surface area (Å²) in [6, 6.07) is 9.71. The van der Waals surface area contributed by atoms with Gasteiger partial charge in [-0.3, -0.25) is 19.3 Å². The number of aromatic nitrogens is 2. The summed E-state index contributed by atoms with van der Waals surface area (Å²) < 4.78 is 47.9. The first-order chi connectivity index (χ1) is 22.9. The van der Waals surface area contributed by atoms with Crippen molar-refractivity contribution in [3.8, 4) is 6.07 Å². The van der Waals surface area contributed by atoms with Gasteiger partial charge in [0.25, 0.3) is 5.91 Å². The third-order valence-corrected chi connectivity index (χ3v) is 7.75. The van der Waals surface area contributed by atoms with Crippen LogP contribution in [0.25, 0.3) is 0 Å². The highest BCUT2D eigenvalue weighted by Crippen LogP contribution is 2.35. The lowest BCUT2D eigenvalue weighted by Gasteiger charge is -2.35. The van der Waals surface area contributed by atoms with Crippen molar-refractivity contribution in [2.45, 2.75) is 44.7 Å². The van der Waals surface area contributed by atoms with Crippen molar-refractivity contribution < 1.29 is 37.1 Å². The van der Waals surface area contributed by atoms with Crippen molar-refractivity contribution in [2.24, 2.45) is 0 Å². The quantitative estimate of drug-likeness (QED) is 0.256. The second-order valence-corrected chi connectivity index (χ2v) is 11.0. The molecule has 1 aromatic heterocycles. The van der Waals surface area contributed by atoms with Crippen LogP contribution < -0.4 is 15.1 Å². The van der Waals surface area contributed by atoms with E-state index in [4.69, 9.17) is 16.3 Å². The molecule has 0 bridgehead atoms. The number of ether oxygens (including phenoxy) is 1. The SMILES string of the molecule is CCOC(=O)CN1C[C@@H](C(=O)N(c2cccc(F)c2)[C@H](C(=O)NCCC(F)(F)CC)c2ccccc2Cl)N(c2nccc(C#N)n2)C1=O. The van der Waals surface area contributed by atoms with E-state index >= 15 is 0 Å². The van der Waals surface area contributed by atoms with E-state index in [1.54, 1.807) is 13.0 Å². The molecule has 4 rings (SSSR count). The predicted octanol–water partition coefficient (Wildman–Crippen LogP) is 4.64. The summed E-state index contributed by atoms with van der Waals surface area (Å²) in [5.74, 6) is -6.87. The summed E-state index contributed by atoms with van der Waals surface area (Å²) in [7, 11) is 0. The number of benzene rings is 2. The normalized spacial score (nSPS) is 15.1. The van der Waals surface area contributed by atoms with E-state index < -0.39 is 80.1 Å². The van der Waals surface area contributed by atoms with Gasteiger partial charge < -0.3 is 15.0 Å². The standard InChI is InChI=1S/C32H31ClF3N7O5/c1-3-32(35,36)13-15-38-28(45)27(23-10-5-6-11-24(23)33)42(22-9-7-8-20(34)16-22)29(46)25-18-41(19-26(44)48-4-2)31(47)43(25)30-39-14-12-21(17-37)40-30/h5-12,14,16,25,27H,3-4,13,15,18-19H2,1-2H3,(H,38,45)/t25-,27-/m0/s1. The van der Waals surface area contributed by atoms with Gasteiger partial charge in [0.2, 0.25) is 17.8 Å². The summed E-state index contributed by atoms with van der Waals surface area (Å²) in [5.41, 5.74) is -0.206. The number of nitrogens with one attached hydrogen (secondary N) is 1. The fourth-order valence-electron chi connectivity index (χ4n) is 5.02. The van der Waals surface area contributed by atoms with Crippen molar-refractivity contribution in [1.82, 2.24) is 20.2 Å². The Morgan fingerprint density at radius 3 is 2.60 bits per heavy atom. The number of carbonyl (C=O) groups excluding carboxylic acids is 4. The molecule has 1 N–H and O–H groups in total. The van der Waals surface area contributed by atoms with Crippen LogP contribution in [-0.4, -0.2) is 76.9 Å². The van der Waals surface area contributed by atoms with E-state index in [-0.39, 0.29) is 34.5 Å². The van der Waals surface area contributed by atoms with E-state index in [1.165, 1.54) is 49.5 Å². The lowest BCUT2D eigenvalue weighted by molar-refractivity contribution is -0.143. The number of nitrogens with zero attached hydrogens (tertiary/aromatic N) is 6. The maximum absolute atomic E-state index is 14.8. The minimum Gasteiger partial charge on any atom is -0.465 e. The molecule has 0 spiro atoms.